The molecular weight excluding hydrogens is 1450 g/mol. The van der Waals surface area contributed by atoms with Crippen LogP contribution in [0.25, 0.3) is 0 Å². The van der Waals surface area contributed by atoms with E-state index in [1.807, 2.05) is 94.4 Å². The van der Waals surface area contributed by atoms with Gasteiger partial charge in [-0.1, -0.05) is 104 Å². The van der Waals surface area contributed by atoms with Gasteiger partial charge in [0.2, 0.25) is 70.9 Å². The van der Waals surface area contributed by atoms with Gasteiger partial charge in [0.05, 0.1) is 12.8 Å². The van der Waals surface area contributed by atoms with Gasteiger partial charge in [0, 0.05) is 58.2 Å². The highest BCUT2D eigenvalue weighted by atomic mass is 19.1. The monoisotopic (exact) mass is 1550 g/mol. The fourth-order valence-electron chi connectivity index (χ4n) is 16.5. The van der Waals surface area contributed by atoms with E-state index in [1.165, 1.54) is 36.3 Å². The van der Waals surface area contributed by atoms with Gasteiger partial charge in [0.25, 0.3) is 0 Å². The molecule has 112 heavy (non-hydrogen) atoms. The molecule has 0 bridgehead atoms. The van der Waals surface area contributed by atoms with Crippen LogP contribution < -0.4 is 31.9 Å². The molecule has 600 valence electrons. The number of aryl methyl sites for hydroxylation is 2. The zero-order valence-corrected chi connectivity index (χ0v) is 64.3. The maximum atomic E-state index is 14.5. The minimum Gasteiger partial charge on any atom is -0.461 e. The van der Waals surface area contributed by atoms with Gasteiger partial charge < -0.3 is 70.8 Å². The van der Waals surface area contributed by atoms with Crippen molar-refractivity contribution in [2.45, 2.75) is 217 Å². The van der Waals surface area contributed by atoms with Gasteiger partial charge in [0.15, 0.2) is 0 Å². The average Bonchev–Trinajstić information content (AvgIpc) is 1.55. The lowest BCUT2D eigenvalue weighted by Crippen LogP contribution is -2.62. The molecule has 6 N–H and O–H groups in total. The largest absolute Gasteiger partial charge is 0.461 e. The second-order valence-corrected chi connectivity index (χ2v) is 31.2. The fourth-order valence-corrected chi connectivity index (χ4v) is 16.5. The van der Waals surface area contributed by atoms with Crippen LogP contribution in [0, 0.1) is 37.3 Å². The van der Waals surface area contributed by atoms with Crippen molar-refractivity contribution >= 4 is 82.8 Å². The van der Waals surface area contributed by atoms with Crippen LogP contribution in [0.1, 0.15) is 138 Å². The Hall–Kier alpha value is -10.7. The summed E-state index contributed by atoms with van der Waals surface area (Å²) < 4.78 is 40.0. The molecular formula is C82H102F2N12O16. The maximum absolute atomic E-state index is 14.5. The molecule has 12 rings (SSSR count). The minimum atomic E-state index is -1.56. The molecule has 0 spiro atoms. The number of nitrogens with one attached hydrogen (secondary N) is 6. The molecule has 4 aromatic rings. The van der Waals surface area contributed by atoms with Crippen molar-refractivity contribution in [3.05, 3.63) is 142 Å². The van der Waals surface area contributed by atoms with E-state index in [2.05, 4.69) is 31.9 Å². The molecule has 8 fully saturated rings. The lowest BCUT2D eigenvalue weighted by molar-refractivity contribution is -0.158. The summed E-state index contributed by atoms with van der Waals surface area (Å²) in [5, 5.41) is 16.4. The Bertz CT molecular complexity index is 4170. The summed E-state index contributed by atoms with van der Waals surface area (Å²) in [6.45, 7) is 10.9. The Morgan fingerprint density at radius 3 is 1.21 bits per heavy atom. The molecule has 0 aliphatic carbocycles. The SMILES string of the molecule is Cc1ccc(CC(=O)N[C@@H](Cc2cc(F)cc(F)c2)C(=O)N[C@H]2COC(=O)[C@@H]3C[C@H](C)CN3C(=O)[C@H](C)NC(=O)[C@@H]3CCCCN3C(=O)[C@@H]3CCCN3C2=O)cc1.Cc1ccc(CC(=O)N[C@@H](Cc2ccccc2)C(=O)N[C@H]2COC(=O)[C@@H]3C[C@H](C)CN3C(=O)[C@H](C)NC(=O)[C@@H]3CCCCN3C(=O)[C@@H]3CCCN3C2=O)cc1. The molecule has 14 atom stereocenters. The van der Waals surface area contributed by atoms with Gasteiger partial charge in [-0.15, -0.1) is 0 Å². The van der Waals surface area contributed by atoms with E-state index in [4.69, 9.17) is 9.47 Å². The third-order valence-corrected chi connectivity index (χ3v) is 22.3. The highest BCUT2D eigenvalue weighted by molar-refractivity contribution is 6.00. The van der Waals surface area contributed by atoms with E-state index >= 15 is 0 Å². The molecule has 8 heterocycles. The van der Waals surface area contributed by atoms with Gasteiger partial charge in [-0.25, -0.2) is 18.4 Å². The number of cyclic esters (lactones) is 2. The van der Waals surface area contributed by atoms with Crippen LogP contribution in [0.5, 0.6) is 0 Å². The standard InChI is InChI=1S/C41H50F2N6O8.C41H52N6O8/c1-23-9-11-26(12-10-23)19-35(50)45-30(18-27-16-28(42)20-29(43)17-27)36(51)46-31-22-57-41(56)34-15-24(2)21-49(34)38(53)25(3)44-37(52)32-7-4-5-13-47(32)40(55)33-8-6-14-48(33)39(31)54;1-25-14-16-29(17-15-25)22-35(48)43-30(21-28-10-5-4-6-11-28)36(49)44-31-24-55-41(54)34-20-26(2)23-47(34)38(51)27(3)42-37(50)32-12-7-8-18-45(32)40(53)33-13-9-19-46(33)39(31)52/h9-12,16-17,20,24-25,30-34H,4-8,13-15,18-19,21-22H2,1-3H3,(H,44,52)(H,45,50)(H,46,51);4-6,10-11,14-17,26-27,30-34H,7-9,12-13,18-24H2,1-3H3,(H,42,50)(H,43,48)(H,44,49)/t24-,25-,30-,31-,32-,33-,34-;26-,27-,30-,31-,32-,33-,34-/m00/s1. The number of amides is 12. The molecule has 30 heteroatoms. The number of nitrogens with zero attached hydrogens (tertiary/aromatic N) is 6. The number of carbonyl (C=O) groups excluding carboxylic acids is 14. The summed E-state index contributed by atoms with van der Waals surface area (Å²) in [6.07, 6.45) is 5.31. The number of carbonyl (C=O) groups is 14. The van der Waals surface area contributed by atoms with Crippen molar-refractivity contribution in [1.29, 1.82) is 0 Å². The number of fused-ring (bicyclic) bond motifs is 6. The highest BCUT2D eigenvalue weighted by Crippen LogP contribution is 2.32. The van der Waals surface area contributed by atoms with E-state index in [0.29, 0.717) is 76.0 Å². The van der Waals surface area contributed by atoms with Gasteiger partial charge in [-0.05, 0) is 151 Å². The summed E-state index contributed by atoms with van der Waals surface area (Å²) >= 11 is 0. The van der Waals surface area contributed by atoms with Crippen molar-refractivity contribution in [3.63, 3.8) is 0 Å². The molecule has 0 radical (unpaired) electrons. The maximum Gasteiger partial charge on any atom is 0.328 e. The number of benzene rings is 4. The van der Waals surface area contributed by atoms with Gasteiger partial charge >= 0.3 is 11.9 Å². The Labute approximate surface area is 649 Å². The topological polar surface area (TPSA) is 349 Å². The van der Waals surface area contributed by atoms with Crippen LogP contribution in [-0.2, 0) is 102 Å². The number of halogens is 2. The predicted octanol–water partition coefficient (Wildman–Crippen LogP) is 3.12. The van der Waals surface area contributed by atoms with Crippen LogP contribution in [0.2, 0.25) is 0 Å². The first-order valence-electron chi connectivity index (χ1n) is 39.1. The molecule has 28 nitrogen and oxygen atoms in total. The van der Waals surface area contributed by atoms with Crippen LogP contribution >= 0.6 is 0 Å². The van der Waals surface area contributed by atoms with E-state index in [9.17, 15) is 75.9 Å². The summed E-state index contributed by atoms with van der Waals surface area (Å²) in [7, 11) is 0. The van der Waals surface area contributed by atoms with Gasteiger partial charge in [-0.3, -0.25) is 57.5 Å². The Morgan fingerprint density at radius 1 is 0.429 bits per heavy atom. The number of ether oxygens (including phenoxy) is 2. The fraction of sp³-hybridized carbons (Fsp3) is 0.537. The summed E-state index contributed by atoms with van der Waals surface area (Å²) in [4.78, 5) is 203. The zero-order chi connectivity index (χ0) is 80.2. The Balaban J connectivity index is 0.000000222. The number of rotatable bonds is 14. The first-order chi connectivity index (χ1) is 53.6. The normalized spacial score (nSPS) is 26.8. The van der Waals surface area contributed by atoms with Crippen molar-refractivity contribution in [2.24, 2.45) is 11.8 Å². The number of piperidine rings is 2. The second kappa shape index (κ2) is 37.1. The molecule has 8 aliphatic rings. The van der Waals surface area contributed by atoms with E-state index in [0.717, 1.165) is 40.8 Å². The molecule has 0 aromatic heterocycles. The highest BCUT2D eigenvalue weighted by Gasteiger charge is 2.49. The van der Waals surface area contributed by atoms with E-state index < -0.39 is 174 Å². The molecule has 4 aromatic carbocycles. The minimum absolute atomic E-state index is 0.0273. The van der Waals surface area contributed by atoms with Crippen LogP contribution in [0.4, 0.5) is 8.78 Å². The van der Waals surface area contributed by atoms with Crippen molar-refractivity contribution in [3.8, 4) is 0 Å². The van der Waals surface area contributed by atoms with Crippen LogP contribution in [0.3, 0.4) is 0 Å². The first kappa shape index (κ1) is 82.3. The number of hydrogen-bond donors (Lipinski definition) is 6. The summed E-state index contributed by atoms with van der Waals surface area (Å²) in [6, 6.07) is 13.5. The van der Waals surface area contributed by atoms with Crippen molar-refractivity contribution in [2.75, 3.05) is 52.5 Å². The van der Waals surface area contributed by atoms with Crippen LogP contribution in [-0.4, -0.2) is 237 Å². The zero-order valence-electron chi connectivity index (χ0n) is 64.3. The average molecular weight is 1550 g/mol. The molecule has 0 unspecified atom stereocenters. The lowest BCUT2D eigenvalue weighted by Gasteiger charge is -2.39. The Kier molecular flexibility index (Phi) is 27.3. The van der Waals surface area contributed by atoms with Crippen LogP contribution in [0.15, 0.2) is 97.1 Å². The quantitative estimate of drug-likeness (QED) is 0.0988. The van der Waals surface area contributed by atoms with E-state index in [-0.39, 0.29) is 94.6 Å². The number of esters is 2. The summed E-state index contributed by atoms with van der Waals surface area (Å²) in [5.41, 5.74) is 4.26. The third-order valence-electron chi connectivity index (χ3n) is 22.3. The number of hydrogen-bond acceptors (Lipinski definition) is 16. The lowest BCUT2D eigenvalue weighted by atomic mass is 9.99. The smallest absolute Gasteiger partial charge is 0.328 e. The molecule has 0 saturated carbocycles. The molecule has 12 amide bonds. The van der Waals surface area contributed by atoms with Crippen molar-refractivity contribution < 1.29 is 85.4 Å². The van der Waals surface area contributed by atoms with Crippen molar-refractivity contribution in [1.82, 2.24) is 61.3 Å². The first-order valence-corrected chi connectivity index (χ1v) is 39.1. The second-order valence-electron chi connectivity index (χ2n) is 31.2. The molecule has 8 saturated heterocycles. The summed E-state index contributed by atoms with van der Waals surface area (Å²) in [5.74, 6) is -10.1. The predicted molar refractivity (Wildman–Crippen MR) is 402 cm³/mol. The van der Waals surface area contributed by atoms with E-state index in [1.54, 1.807) is 19.1 Å². The van der Waals surface area contributed by atoms with Gasteiger partial charge in [0.1, 0.15) is 97.4 Å². The molecule has 8 aliphatic heterocycles. The Morgan fingerprint density at radius 2 is 0.804 bits per heavy atom. The van der Waals surface area contributed by atoms with Gasteiger partial charge in [-0.2, -0.15) is 0 Å². The third kappa shape index (κ3) is 20.3.